The monoisotopic (exact) mass is 504 g/mol. The maximum Gasteiger partial charge on any atom is 0.346 e. The maximum atomic E-state index is 14.1. The van der Waals surface area contributed by atoms with Crippen LogP contribution in [0.2, 0.25) is 0 Å². The van der Waals surface area contributed by atoms with Crippen molar-refractivity contribution in [1.82, 2.24) is 0 Å². The average Bonchev–Trinajstić information content (AvgIpc) is 2.80. The van der Waals surface area contributed by atoms with Crippen molar-refractivity contribution in [1.29, 1.82) is 0 Å². The van der Waals surface area contributed by atoms with Gasteiger partial charge in [0.25, 0.3) is 0 Å². The third-order valence-corrected chi connectivity index (χ3v) is 5.18. The summed E-state index contributed by atoms with van der Waals surface area (Å²) in [6, 6.07) is 8.44. The van der Waals surface area contributed by atoms with E-state index in [1.807, 2.05) is 0 Å². The van der Waals surface area contributed by atoms with Crippen LogP contribution in [0.5, 0.6) is 11.5 Å². The molecule has 0 unspecified atom stereocenters. The molecular formula is C26H14F6O4. The third kappa shape index (κ3) is 4.49. The summed E-state index contributed by atoms with van der Waals surface area (Å²) in [4.78, 5) is 25.2. The Kier molecular flexibility index (Phi) is 6.45. The molecule has 0 N–H and O–H groups in total. The number of rotatable bonds is 4. The summed E-state index contributed by atoms with van der Waals surface area (Å²) in [5, 5.41) is 0.399. The number of benzene rings is 4. The van der Waals surface area contributed by atoms with Gasteiger partial charge >= 0.3 is 11.9 Å². The van der Waals surface area contributed by atoms with Gasteiger partial charge in [-0.15, -0.1) is 0 Å². The molecule has 0 heterocycles. The Morgan fingerprint density at radius 2 is 0.972 bits per heavy atom. The second-order valence-corrected chi connectivity index (χ2v) is 7.85. The Labute approximate surface area is 199 Å². The van der Waals surface area contributed by atoms with Crippen molar-refractivity contribution in [3.05, 3.63) is 106 Å². The molecule has 4 rings (SSSR count). The van der Waals surface area contributed by atoms with Crippen LogP contribution in [0, 0.1) is 48.8 Å². The molecule has 4 aromatic carbocycles. The molecule has 0 bridgehead atoms. The lowest BCUT2D eigenvalue weighted by Gasteiger charge is -2.15. The van der Waals surface area contributed by atoms with Gasteiger partial charge in [0.2, 0.25) is 0 Å². The second kappa shape index (κ2) is 9.37. The predicted octanol–water partition coefficient (Wildman–Crippen LogP) is 6.73. The van der Waals surface area contributed by atoms with Crippen LogP contribution in [0.1, 0.15) is 31.8 Å². The number of halogens is 6. The van der Waals surface area contributed by atoms with Gasteiger partial charge in [0.05, 0.1) is 16.5 Å². The van der Waals surface area contributed by atoms with Crippen molar-refractivity contribution in [3.63, 3.8) is 0 Å². The number of carbonyl (C=O) groups excluding carboxylic acids is 2. The van der Waals surface area contributed by atoms with Crippen molar-refractivity contribution in [2.45, 2.75) is 13.8 Å². The number of hydrogen-bond donors (Lipinski definition) is 0. The highest BCUT2D eigenvalue weighted by atomic mass is 19.2. The fourth-order valence-corrected chi connectivity index (χ4v) is 3.56. The van der Waals surface area contributed by atoms with Gasteiger partial charge in [-0.2, -0.15) is 0 Å². The summed E-state index contributed by atoms with van der Waals surface area (Å²) < 4.78 is 92.5. The summed E-state index contributed by atoms with van der Waals surface area (Å²) in [5.74, 6) is -13.5. The Bertz CT molecular complexity index is 1450. The smallest absolute Gasteiger partial charge is 0.346 e. The van der Waals surface area contributed by atoms with Crippen LogP contribution < -0.4 is 9.47 Å². The van der Waals surface area contributed by atoms with Crippen molar-refractivity contribution in [3.8, 4) is 11.5 Å². The van der Waals surface area contributed by atoms with E-state index in [1.165, 1.54) is 12.1 Å². The summed E-state index contributed by atoms with van der Waals surface area (Å²) in [6.45, 7) is 3.28. The van der Waals surface area contributed by atoms with Gasteiger partial charge in [-0.05, 0) is 66.8 Å². The lowest BCUT2D eigenvalue weighted by atomic mass is 10.0. The van der Waals surface area contributed by atoms with Gasteiger partial charge in [0, 0.05) is 0 Å². The first-order valence-electron chi connectivity index (χ1n) is 10.2. The van der Waals surface area contributed by atoms with Crippen molar-refractivity contribution < 1.29 is 45.4 Å². The molecule has 184 valence electrons. The summed E-state index contributed by atoms with van der Waals surface area (Å²) >= 11 is 0. The molecule has 10 heteroatoms. The molecule has 0 atom stereocenters. The topological polar surface area (TPSA) is 52.6 Å². The largest absolute Gasteiger partial charge is 0.422 e. The van der Waals surface area contributed by atoms with Crippen LogP contribution in [0.25, 0.3) is 10.8 Å². The van der Waals surface area contributed by atoms with Crippen LogP contribution in [-0.4, -0.2) is 11.9 Å². The van der Waals surface area contributed by atoms with Crippen LogP contribution >= 0.6 is 0 Å². The van der Waals surface area contributed by atoms with Gasteiger partial charge in [-0.3, -0.25) is 0 Å². The second-order valence-electron chi connectivity index (χ2n) is 7.85. The summed E-state index contributed by atoms with van der Waals surface area (Å²) in [5.41, 5.74) is -0.660. The van der Waals surface area contributed by atoms with Crippen molar-refractivity contribution >= 4 is 22.7 Å². The SMILES string of the molecule is Cc1cc(OC(=O)c2ccc(F)c(F)c2F)c2c(OC(=O)c3ccc(F)c(F)c3F)cc(C)cc2c1. The fourth-order valence-electron chi connectivity index (χ4n) is 3.56. The Balaban J connectivity index is 1.80. The molecule has 4 aromatic rings. The summed E-state index contributed by atoms with van der Waals surface area (Å²) in [6.07, 6.45) is 0. The van der Waals surface area contributed by atoms with E-state index in [4.69, 9.17) is 9.47 Å². The summed E-state index contributed by atoms with van der Waals surface area (Å²) in [7, 11) is 0. The molecule has 0 radical (unpaired) electrons. The van der Waals surface area contributed by atoms with Gasteiger partial charge < -0.3 is 9.47 Å². The lowest BCUT2D eigenvalue weighted by molar-refractivity contribution is 0.0729. The first kappa shape index (κ1) is 24.8. The Morgan fingerprint density at radius 1 is 0.583 bits per heavy atom. The Morgan fingerprint density at radius 3 is 1.36 bits per heavy atom. The van der Waals surface area contributed by atoms with E-state index in [2.05, 4.69) is 0 Å². The fraction of sp³-hybridized carbons (Fsp3) is 0.0769. The van der Waals surface area contributed by atoms with E-state index in [1.54, 1.807) is 26.0 Å². The molecule has 0 fully saturated rings. The predicted molar refractivity (Wildman–Crippen MR) is 116 cm³/mol. The average molecular weight is 504 g/mol. The number of hydrogen-bond acceptors (Lipinski definition) is 4. The molecule has 0 spiro atoms. The number of aryl methyl sites for hydroxylation is 2. The standard InChI is InChI=1S/C26H14F6O4/c1-11-7-13-8-12(2)10-19(36-26(34)15-4-6-17(28)24(32)22(15)30)20(13)18(9-11)35-25(33)14-3-5-16(27)23(31)21(14)29/h3-10H,1-2H3. The first-order chi connectivity index (χ1) is 17.0. The number of fused-ring (bicyclic) bond motifs is 1. The van der Waals surface area contributed by atoms with E-state index in [-0.39, 0.29) is 16.9 Å². The molecule has 0 aliphatic rings. The molecule has 4 nitrogen and oxygen atoms in total. The van der Waals surface area contributed by atoms with E-state index in [0.29, 0.717) is 40.8 Å². The maximum absolute atomic E-state index is 14.1. The van der Waals surface area contributed by atoms with Crippen molar-refractivity contribution in [2.24, 2.45) is 0 Å². The van der Waals surface area contributed by atoms with E-state index < -0.39 is 58.0 Å². The van der Waals surface area contributed by atoms with Crippen LogP contribution in [0.4, 0.5) is 26.3 Å². The molecule has 0 saturated heterocycles. The zero-order chi connectivity index (χ0) is 26.3. The quantitative estimate of drug-likeness (QED) is 0.134. The van der Waals surface area contributed by atoms with Crippen LogP contribution in [0.3, 0.4) is 0 Å². The van der Waals surface area contributed by atoms with Crippen LogP contribution in [0.15, 0.2) is 48.5 Å². The zero-order valence-electron chi connectivity index (χ0n) is 18.5. The molecule has 0 aromatic heterocycles. The zero-order valence-corrected chi connectivity index (χ0v) is 18.5. The molecule has 36 heavy (non-hydrogen) atoms. The van der Waals surface area contributed by atoms with Gasteiger partial charge in [-0.1, -0.05) is 12.1 Å². The lowest BCUT2D eigenvalue weighted by Crippen LogP contribution is -2.14. The molecule has 0 aliphatic heterocycles. The minimum atomic E-state index is -1.86. The highest BCUT2D eigenvalue weighted by Gasteiger charge is 2.24. The molecular weight excluding hydrogens is 490 g/mol. The number of ether oxygens (including phenoxy) is 2. The first-order valence-corrected chi connectivity index (χ1v) is 10.2. The number of carbonyl (C=O) groups is 2. The van der Waals surface area contributed by atoms with E-state index in [9.17, 15) is 35.9 Å². The van der Waals surface area contributed by atoms with Crippen molar-refractivity contribution in [2.75, 3.05) is 0 Å². The highest BCUT2D eigenvalue weighted by molar-refractivity contribution is 6.01. The third-order valence-electron chi connectivity index (χ3n) is 5.18. The van der Waals surface area contributed by atoms with Gasteiger partial charge in [0.15, 0.2) is 34.9 Å². The molecule has 0 aliphatic carbocycles. The van der Waals surface area contributed by atoms with Gasteiger partial charge in [-0.25, -0.2) is 35.9 Å². The van der Waals surface area contributed by atoms with Gasteiger partial charge in [0.1, 0.15) is 11.5 Å². The Hall–Kier alpha value is -4.34. The molecule has 0 amide bonds. The van der Waals surface area contributed by atoms with E-state index in [0.717, 1.165) is 0 Å². The molecule has 0 saturated carbocycles. The number of esters is 2. The highest BCUT2D eigenvalue weighted by Crippen LogP contribution is 2.37. The minimum Gasteiger partial charge on any atom is -0.422 e. The van der Waals surface area contributed by atoms with E-state index >= 15 is 0 Å². The minimum absolute atomic E-state index is 0.0129. The van der Waals surface area contributed by atoms with Crippen LogP contribution in [-0.2, 0) is 0 Å². The normalized spacial score (nSPS) is 11.0.